The second-order valence-electron chi connectivity index (χ2n) is 4.64. The third kappa shape index (κ3) is 2.41. The molecule has 2 rings (SSSR count). The van der Waals surface area contributed by atoms with Gasteiger partial charge in [0.25, 0.3) is 0 Å². The van der Waals surface area contributed by atoms with E-state index in [1.807, 2.05) is 25.1 Å². The Labute approximate surface area is 95.5 Å². The molecule has 1 heterocycles. The summed E-state index contributed by atoms with van der Waals surface area (Å²) in [5, 5.41) is 12.4. The maximum atomic E-state index is 9.19. The van der Waals surface area contributed by atoms with Crippen molar-refractivity contribution >= 4 is 11.8 Å². The summed E-state index contributed by atoms with van der Waals surface area (Å²) in [6, 6.07) is 1.87. The summed E-state index contributed by atoms with van der Waals surface area (Å²) in [6.45, 7) is 0.994. The summed E-state index contributed by atoms with van der Waals surface area (Å²) in [5.74, 6) is 1.51. The van der Waals surface area contributed by atoms with Crippen LogP contribution in [0.5, 0.6) is 0 Å². The minimum absolute atomic E-state index is 0.0808. The topological polar surface area (TPSA) is 61.3 Å². The van der Waals surface area contributed by atoms with E-state index in [0.29, 0.717) is 5.95 Å². The van der Waals surface area contributed by atoms with Crippen molar-refractivity contribution in [2.45, 2.75) is 12.8 Å². The fourth-order valence-electron chi connectivity index (χ4n) is 1.52. The summed E-state index contributed by atoms with van der Waals surface area (Å²) in [7, 11) is 3.89. The first kappa shape index (κ1) is 11.1. The molecule has 0 aromatic carbocycles. The molecular weight excluding hydrogens is 204 g/mol. The number of anilines is 2. The monoisotopic (exact) mass is 222 g/mol. The van der Waals surface area contributed by atoms with Crippen LogP contribution >= 0.6 is 0 Å². The summed E-state index contributed by atoms with van der Waals surface area (Å²) in [4.78, 5) is 10.5. The van der Waals surface area contributed by atoms with E-state index in [2.05, 4.69) is 15.3 Å². The van der Waals surface area contributed by atoms with Gasteiger partial charge in [-0.2, -0.15) is 4.98 Å². The predicted molar refractivity (Wildman–Crippen MR) is 63.6 cm³/mol. The maximum absolute atomic E-state index is 9.19. The van der Waals surface area contributed by atoms with E-state index in [4.69, 9.17) is 0 Å². The Morgan fingerprint density at radius 3 is 2.81 bits per heavy atom. The quantitative estimate of drug-likeness (QED) is 0.769. The fraction of sp³-hybridized carbons (Fsp3) is 0.636. The van der Waals surface area contributed by atoms with Crippen molar-refractivity contribution in [3.05, 3.63) is 12.3 Å². The second kappa shape index (κ2) is 4.25. The van der Waals surface area contributed by atoms with Crippen LogP contribution in [0.1, 0.15) is 12.8 Å². The summed E-state index contributed by atoms with van der Waals surface area (Å²) >= 11 is 0. The van der Waals surface area contributed by atoms with E-state index in [0.717, 1.165) is 25.2 Å². The van der Waals surface area contributed by atoms with Crippen LogP contribution in [0.3, 0.4) is 0 Å². The molecule has 0 amide bonds. The molecule has 5 nitrogen and oxygen atoms in total. The zero-order valence-corrected chi connectivity index (χ0v) is 9.77. The SMILES string of the molecule is CN(C)c1ccnc(NCC2(CO)CC2)n1. The lowest BCUT2D eigenvalue weighted by Gasteiger charge is -2.15. The van der Waals surface area contributed by atoms with Crippen molar-refractivity contribution in [3.63, 3.8) is 0 Å². The molecule has 1 aliphatic rings. The molecule has 0 spiro atoms. The van der Waals surface area contributed by atoms with Gasteiger partial charge in [0.15, 0.2) is 0 Å². The van der Waals surface area contributed by atoms with Crippen molar-refractivity contribution < 1.29 is 5.11 Å². The van der Waals surface area contributed by atoms with Crippen molar-refractivity contribution in [2.75, 3.05) is 37.5 Å². The van der Waals surface area contributed by atoms with E-state index >= 15 is 0 Å². The van der Waals surface area contributed by atoms with Gasteiger partial charge < -0.3 is 15.3 Å². The molecule has 0 bridgehead atoms. The van der Waals surface area contributed by atoms with Crippen LogP contribution in [0.15, 0.2) is 12.3 Å². The van der Waals surface area contributed by atoms with Gasteiger partial charge in [0.1, 0.15) is 5.82 Å². The molecular formula is C11H18N4O. The molecule has 1 aromatic heterocycles. The lowest BCUT2D eigenvalue weighted by atomic mass is 10.1. The second-order valence-corrected chi connectivity index (χ2v) is 4.64. The van der Waals surface area contributed by atoms with Crippen LogP contribution in [0.2, 0.25) is 0 Å². The highest BCUT2D eigenvalue weighted by molar-refractivity contribution is 5.41. The summed E-state index contributed by atoms with van der Waals surface area (Å²) in [6.07, 6.45) is 3.91. The van der Waals surface area contributed by atoms with E-state index in [1.165, 1.54) is 0 Å². The largest absolute Gasteiger partial charge is 0.396 e. The zero-order chi connectivity index (χ0) is 11.6. The van der Waals surface area contributed by atoms with E-state index in [1.54, 1.807) is 6.20 Å². The van der Waals surface area contributed by atoms with E-state index in [-0.39, 0.29) is 12.0 Å². The molecule has 16 heavy (non-hydrogen) atoms. The molecule has 1 aliphatic carbocycles. The predicted octanol–water partition coefficient (Wildman–Crippen LogP) is 0.727. The first-order chi connectivity index (χ1) is 7.65. The molecule has 1 saturated carbocycles. The third-order valence-corrected chi connectivity index (χ3v) is 3.01. The van der Waals surface area contributed by atoms with Crippen LogP contribution in [-0.4, -0.2) is 42.3 Å². The molecule has 2 N–H and O–H groups in total. The number of hydrogen-bond acceptors (Lipinski definition) is 5. The first-order valence-electron chi connectivity index (χ1n) is 5.50. The molecule has 1 fully saturated rings. The maximum Gasteiger partial charge on any atom is 0.224 e. The Kier molecular flexibility index (Phi) is 2.96. The van der Waals surface area contributed by atoms with Gasteiger partial charge in [-0.25, -0.2) is 4.98 Å². The van der Waals surface area contributed by atoms with Gasteiger partial charge in [-0.05, 0) is 18.9 Å². The van der Waals surface area contributed by atoms with Gasteiger partial charge in [0.05, 0.1) is 6.61 Å². The number of aromatic nitrogens is 2. The molecule has 5 heteroatoms. The Morgan fingerprint density at radius 1 is 1.50 bits per heavy atom. The molecule has 1 aromatic rings. The zero-order valence-electron chi connectivity index (χ0n) is 9.77. The standard InChI is InChI=1S/C11H18N4O/c1-15(2)9-3-6-12-10(14-9)13-7-11(8-16)4-5-11/h3,6,16H,4-5,7-8H2,1-2H3,(H,12,13,14). The van der Waals surface area contributed by atoms with Gasteiger partial charge in [0.2, 0.25) is 5.95 Å². The number of nitrogens with zero attached hydrogens (tertiary/aromatic N) is 3. The van der Waals surface area contributed by atoms with Gasteiger partial charge >= 0.3 is 0 Å². The highest BCUT2D eigenvalue weighted by Gasteiger charge is 2.41. The van der Waals surface area contributed by atoms with Crippen LogP contribution in [0, 0.1) is 5.41 Å². The average molecular weight is 222 g/mol. The Hall–Kier alpha value is -1.36. The fourth-order valence-corrected chi connectivity index (χ4v) is 1.52. The van der Waals surface area contributed by atoms with Crippen molar-refractivity contribution in [1.82, 2.24) is 9.97 Å². The Bertz CT molecular complexity index is 363. The number of aliphatic hydroxyl groups is 1. The molecule has 0 aliphatic heterocycles. The number of rotatable bonds is 5. The first-order valence-corrected chi connectivity index (χ1v) is 5.50. The van der Waals surface area contributed by atoms with Crippen LogP contribution in [0.4, 0.5) is 11.8 Å². The molecule has 0 saturated heterocycles. The number of nitrogens with one attached hydrogen (secondary N) is 1. The van der Waals surface area contributed by atoms with Gasteiger partial charge in [0, 0.05) is 32.3 Å². The van der Waals surface area contributed by atoms with Crippen molar-refractivity contribution in [1.29, 1.82) is 0 Å². The summed E-state index contributed by atoms with van der Waals surface area (Å²) in [5.41, 5.74) is 0.0808. The van der Waals surface area contributed by atoms with Gasteiger partial charge in [-0.15, -0.1) is 0 Å². The lowest BCUT2D eigenvalue weighted by molar-refractivity contribution is 0.219. The van der Waals surface area contributed by atoms with Gasteiger partial charge in [-0.3, -0.25) is 0 Å². The smallest absolute Gasteiger partial charge is 0.224 e. The van der Waals surface area contributed by atoms with E-state index in [9.17, 15) is 5.11 Å². The Morgan fingerprint density at radius 2 is 2.25 bits per heavy atom. The minimum Gasteiger partial charge on any atom is -0.396 e. The highest BCUT2D eigenvalue weighted by Crippen LogP contribution is 2.44. The third-order valence-electron chi connectivity index (χ3n) is 3.01. The summed E-state index contributed by atoms with van der Waals surface area (Å²) < 4.78 is 0. The number of aliphatic hydroxyl groups excluding tert-OH is 1. The molecule has 0 unspecified atom stereocenters. The normalized spacial score (nSPS) is 16.9. The molecule has 0 atom stereocenters. The minimum atomic E-state index is 0.0808. The van der Waals surface area contributed by atoms with Crippen molar-refractivity contribution in [3.8, 4) is 0 Å². The van der Waals surface area contributed by atoms with Crippen LogP contribution in [-0.2, 0) is 0 Å². The number of hydrogen-bond donors (Lipinski definition) is 2. The molecule has 88 valence electrons. The van der Waals surface area contributed by atoms with Crippen LogP contribution in [0.25, 0.3) is 0 Å². The molecule has 0 radical (unpaired) electrons. The lowest BCUT2D eigenvalue weighted by Crippen LogP contribution is -2.20. The van der Waals surface area contributed by atoms with Crippen LogP contribution < -0.4 is 10.2 Å². The average Bonchev–Trinajstić information content (AvgIpc) is 3.07. The Balaban J connectivity index is 1.96. The highest BCUT2D eigenvalue weighted by atomic mass is 16.3. The van der Waals surface area contributed by atoms with E-state index < -0.39 is 0 Å². The van der Waals surface area contributed by atoms with Crippen molar-refractivity contribution in [2.24, 2.45) is 5.41 Å². The van der Waals surface area contributed by atoms with Gasteiger partial charge in [-0.1, -0.05) is 0 Å².